The number of aliphatic hydroxyl groups excluding tert-OH is 1. The smallest absolute Gasteiger partial charge is 0.253 e. The molecule has 5 nitrogen and oxygen atoms in total. The lowest BCUT2D eigenvalue weighted by Gasteiger charge is -2.33. The van der Waals surface area contributed by atoms with Gasteiger partial charge < -0.3 is 15.3 Å². The van der Waals surface area contributed by atoms with Crippen molar-refractivity contribution >= 4 is 11.8 Å². The summed E-state index contributed by atoms with van der Waals surface area (Å²) in [6, 6.07) is 8.94. The maximum atomic E-state index is 12.6. The van der Waals surface area contributed by atoms with Gasteiger partial charge in [-0.3, -0.25) is 9.59 Å². The van der Waals surface area contributed by atoms with Crippen LogP contribution in [0.3, 0.4) is 0 Å². The van der Waals surface area contributed by atoms with Crippen LogP contribution in [0.1, 0.15) is 50.4 Å². The van der Waals surface area contributed by atoms with Gasteiger partial charge in [-0.25, -0.2) is 0 Å². The zero-order valence-corrected chi connectivity index (χ0v) is 15.5. The monoisotopic (exact) mass is 346 g/mol. The number of nitrogens with one attached hydrogen (secondary N) is 1. The minimum Gasteiger partial charge on any atom is -0.394 e. The lowest BCUT2D eigenvalue weighted by molar-refractivity contribution is -0.127. The first-order chi connectivity index (χ1) is 11.8. The van der Waals surface area contributed by atoms with E-state index in [0.717, 1.165) is 12.8 Å². The first-order valence-corrected chi connectivity index (χ1v) is 9.06. The van der Waals surface area contributed by atoms with E-state index >= 15 is 0 Å². The molecule has 2 amide bonds. The van der Waals surface area contributed by atoms with E-state index in [9.17, 15) is 14.7 Å². The summed E-state index contributed by atoms with van der Waals surface area (Å²) in [4.78, 5) is 27.0. The summed E-state index contributed by atoms with van der Waals surface area (Å²) in [6.07, 6.45) is 2.31. The Morgan fingerprint density at radius 2 is 1.96 bits per heavy atom. The average molecular weight is 346 g/mol. The number of benzene rings is 1. The van der Waals surface area contributed by atoms with Gasteiger partial charge in [0.25, 0.3) is 5.91 Å². The molecule has 1 aromatic carbocycles. The van der Waals surface area contributed by atoms with Crippen molar-refractivity contribution in [2.45, 2.75) is 46.1 Å². The lowest BCUT2D eigenvalue weighted by atomic mass is 9.88. The molecule has 25 heavy (non-hydrogen) atoms. The summed E-state index contributed by atoms with van der Waals surface area (Å²) in [6.45, 7) is 7.31. The zero-order chi connectivity index (χ0) is 18.4. The maximum Gasteiger partial charge on any atom is 0.253 e. The normalized spacial score (nSPS) is 19.4. The average Bonchev–Trinajstić information content (AvgIpc) is 2.60. The van der Waals surface area contributed by atoms with Gasteiger partial charge in [0.05, 0.1) is 18.6 Å². The highest BCUT2D eigenvalue weighted by Gasteiger charge is 2.30. The number of carbonyl (C=O) groups is 2. The minimum atomic E-state index is -0.243. The Kier molecular flexibility index (Phi) is 6.59. The predicted molar refractivity (Wildman–Crippen MR) is 98.2 cm³/mol. The van der Waals surface area contributed by atoms with Gasteiger partial charge >= 0.3 is 0 Å². The molecule has 0 radical (unpaired) electrons. The van der Waals surface area contributed by atoms with E-state index in [-0.39, 0.29) is 35.8 Å². The summed E-state index contributed by atoms with van der Waals surface area (Å²) < 4.78 is 0. The van der Waals surface area contributed by atoms with E-state index in [1.165, 1.54) is 0 Å². The Bertz CT molecular complexity index is 580. The van der Waals surface area contributed by atoms with E-state index in [0.29, 0.717) is 25.1 Å². The molecule has 1 heterocycles. The molecular formula is C20H30N2O3. The van der Waals surface area contributed by atoms with Crippen molar-refractivity contribution in [1.29, 1.82) is 0 Å². The third-order valence-electron chi connectivity index (χ3n) is 4.53. The first-order valence-electron chi connectivity index (χ1n) is 9.06. The molecule has 1 aromatic rings. The Morgan fingerprint density at radius 3 is 2.56 bits per heavy atom. The number of aliphatic hydroxyl groups is 1. The Hall–Kier alpha value is -1.88. The van der Waals surface area contributed by atoms with Crippen LogP contribution in [0, 0.1) is 11.3 Å². The van der Waals surface area contributed by atoms with Crippen molar-refractivity contribution in [3.05, 3.63) is 35.9 Å². The second-order valence-electron chi connectivity index (χ2n) is 8.11. The largest absolute Gasteiger partial charge is 0.394 e. The van der Waals surface area contributed by atoms with E-state index in [4.69, 9.17) is 0 Å². The molecule has 2 atom stereocenters. The maximum absolute atomic E-state index is 12.6. The van der Waals surface area contributed by atoms with Crippen molar-refractivity contribution < 1.29 is 14.7 Å². The van der Waals surface area contributed by atoms with Gasteiger partial charge in [-0.1, -0.05) is 39.0 Å². The van der Waals surface area contributed by atoms with Gasteiger partial charge in [0.2, 0.25) is 5.91 Å². The fourth-order valence-electron chi connectivity index (χ4n) is 3.36. The second-order valence-corrected chi connectivity index (χ2v) is 8.11. The van der Waals surface area contributed by atoms with Gasteiger partial charge in [-0.05, 0) is 36.8 Å². The molecule has 0 bridgehead atoms. The van der Waals surface area contributed by atoms with Crippen LogP contribution < -0.4 is 5.32 Å². The SMILES string of the molecule is CC(C)(C)CC(CO)NC(=O)C1CCCN(C(=O)c2ccccc2)C1. The molecule has 1 saturated heterocycles. The molecule has 1 fully saturated rings. The molecule has 0 aliphatic carbocycles. The molecule has 2 N–H and O–H groups in total. The summed E-state index contributed by atoms with van der Waals surface area (Å²) in [7, 11) is 0. The molecule has 1 aliphatic heterocycles. The molecule has 0 aromatic heterocycles. The van der Waals surface area contributed by atoms with Crippen molar-refractivity contribution in [1.82, 2.24) is 10.2 Å². The van der Waals surface area contributed by atoms with Crippen LogP contribution in [0.15, 0.2) is 30.3 Å². The molecular weight excluding hydrogens is 316 g/mol. The standard InChI is InChI=1S/C20H30N2O3/c1-20(2,3)12-17(14-23)21-18(24)16-10-7-11-22(13-16)19(25)15-8-5-4-6-9-15/h4-6,8-9,16-17,23H,7,10-14H2,1-3H3,(H,21,24). The quantitative estimate of drug-likeness (QED) is 0.860. The summed E-state index contributed by atoms with van der Waals surface area (Å²) >= 11 is 0. The Morgan fingerprint density at radius 1 is 1.28 bits per heavy atom. The van der Waals surface area contributed by atoms with Gasteiger partial charge in [0.1, 0.15) is 0 Å². The van der Waals surface area contributed by atoms with Crippen molar-refractivity contribution in [3.63, 3.8) is 0 Å². The van der Waals surface area contributed by atoms with Gasteiger partial charge in [0, 0.05) is 18.7 Å². The molecule has 5 heteroatoms. The highest BCUT2D eigenvalue weighted by atomic mass is 16.3. The third kappa shape index (κ3) is 5.85. The molecule has 2 rings (SSSR count). The number of piperidine rings is 1. The van der Waals surface area contributed by atoms with Crippen LogP contribution >= 0.6 is 0 Å². The minimum absolute atomic E-state index is 0.0218. The van der Waals surface area contributed by atoms with Gasteiger partial charge in [-0.2, -0.15) is 0 Å². The number of rotatable bonds is 5. The van der Waals surface area contributed by atoms with Crippen LogP contribution in [0.5, 0.6) is 0 Å². The first kappa shape index (κ1) is 19.4. The van der Waals surface area contributed by atoms with Crippen LogP contribution in [0.4, 0.5) is 0 Å². The number of nitrogens with zero attached hydrogens (tertiary/aromatic N) is 1. The van der Waals surface area contributed by atoms with E-state index in [1.807, 2.05) is 18.2 Å². The fourth-order valence-corrected chi connectivity index (χ4v) is 3.36. The van der Waals surface area contributed by atoms with Crippen LogP contribution in [0.2, 0.25) is 0 Å². The van der Waals surface area contributed by atoms with Crippen molar-refractivity contribution in [2.24, 2.45) is 11.3 Å². The molecule has 0 saturated carbocycles. The lowest BCUT2D eigenvalue weighted by Crippen LogP contribution is -2.49. The predicted octanol–water partition coefficient (Wildman–Crippen LogP) is 2.45. The van der Waals surface area contributed by atoms with E-state index in [2.05, 4.69) is 26.1 Å². The summed E-state index contributed by atoms with van der Waals surface area (Å²) in [5, 5.41) is 12.5. The summed E-state index contributed by atoms with van der Waals surface area (Å²) in [5.41, 5.74) is 0.687. The van der Waals surface area contributed by atoms with E-state index in [1.54, 1.807) is 17.0 Å². The second kappa shape index (κ2) is 8.48. The summed E-state index contributed by atoms with van der Waals surface area (Å²) in [5.74, 6) is -0.296. The highest BCUT2D eigenvalue weighted by Crippen LogP contribution is 2.22. The van der Waals surface area contributed by atoms with Gasteiger partial charge in [-0.15, -0.1) is 0 Å². The van der Waals surface area contributed by atoms with Crippen LogP contribution in [-0.4, -0.2) is 47.6 Å². The third-order valence-corrected chi connectivity index (χ3v) is 4.53. The molecule has 2 unspecified atom stereocenters. The number of likely N-dealkylation sites (tertiary alicyclic amines) is 1. The molecule has 0 spiro atoms. The number of amides is 2. The van der Waals surface area contributed by atoms with Crippen molar-refractivity contribution in [3.8, 4) is 0 Å². The Labute approximate surface area is 150 Å². The highest BCUT2D eigenvalue weighted by molar-refractivity contribution is 5.94. The van der Waals surface area contributed by atoms with Crippen molar-refractivity contribution in [2.75, 3.05) is 19.7 Å². The van der Waals surface area contributed by atoms with Gasteiger partial charge in [0.15, 0.2) is 0 Å². The zero-order valence-electron chi connectivity index (χ0n) is 15.5. The van der Waals surface area contributed by atoms with Crippen LogP contribution in [-0.2, 0) is 4.79 Å². The Balaban J connectivity index is 1.95. The molecule has 1 aliphatic rings. The number of hydrogen-bond acceptors (Lipinski definition) is 3. The molecule has 138 valence electrons. The van der Waals surface area contributed by atoms with E-state index < -0.39 is 0 Å². The number of carbonyl (C=O) groups excluding carboxylic acids is 2. The fraction of sp³-hybridized carbons (Fsp3) is 0.600. The topological polar surface area (TPSA) is 69.6 Å². The number of hydrogen-bond donors (Lipinski definition) is 2. The van der Waals surface area contributed by atoms with Crippen LogP contribution in [0.25, 0.3) is 0 Å².